The first kappa shape index (κ1) is 32.8. The molecule has 0 spiro atoms. The lowest BCUT2D eigenvalue weighted by molar-refractivity contribution is -0.137. The van der Waals surface area contributed by atoms with Gasteiger partial charge in [-0.05, 0) is 73.2 Å². The Kier molecular flexibility index (Phi) is 9.88. The van der Waals surface area contributed by atoms with Gasteiger partial charge in [-0.25, -0.2) is 4.99 Å². The number of thiol groups is 1. The fourth-order valence-electron chi connectivity index (χ4n) is 6.18. The molecular formula is C33H40N4O6S. The van der Waals surface area contributed by atoms with Crippen molar-refractivity contribution in [3.05, 3.63) is 61.2 Å². The van der Waals surface area contributed by atoms with Crippen molar-refractivity contribution < 1.29 is 29.4 Å². The molecule has 0 unspecified atom stereocenters. The van der Waals surface area contributed by atoms with Crippen LogP contribution in [0, 0.1) is 25.7 Å². The molecule has 10 nitrogen and oxygen atoms in total. The quantitative estimate of drug-likeness (QED) is 0.211. The summed E-state index contributed by atoms with van der Waals surface area (Å²) >= 11 is 4.62. The molecule has 2 aromatic heterocycles. The van der Waals surface area contributed by atoms with Gasteiger partial charge < -0.3 is 25.5 Å². The van der Waals surface area contributed by atoms with Crippen LogP contribution in [0.25, 0.3) is 18.2 Å². The third-order valence-electron chi connectivity index (χ3n) is 8.72. The number of aliphatic imine (C=N–C) groups is 1. The molecule has 2 aromatic rings. The average Bonchev–Trinajstić information content (AvgIpc) is 3.59. The predicted octanol–water partition coefficient (Wildman–Crippen LogP) is 3.35. The first-order valence-corrected chi connectivity index (χ1v) is 15.3. The van der Waals surface area contributed by atoms with E-state index >= 15 is 0 Å². The van der Waals surface area contributed by atoms with E-state index in [4.69, 9.17) is 0 Å². The van der Waals surface area contributed by atoms with Gasteiger partial charge >= 0.3 is 11.9 Å². The Labute approximate surface area is 261 Å². The lowest BCUT2D eigenvalue weighted by Crippen LogP contribution is -2.25. The number of allylic oxidation sites excluding steroid dienone is 2. The maximum absolute atomic E-state index is 12.5. The van der Waals surface area contributed by atoms with Gasteiger partial charge in [-0.1, -0.05) is 26.8 Å². The summed E-state index contributed by atoms with van der Waals surface area (Å²) in [6.45, 7) is 11.5. The summed E-state index contributed by atoms with van der Waals surface area (Å²) in [6.07, 6.45) is 6.39. The number of hydrogen-bond donors (Lipinski definition) is 6. The van der Waals surface area contributed by atoms with Crippen LogP contribution >= 0.6 is 12.6 Å². The maximum atomic E-state index is 12.5. The van der Waals surface area contributed by atoms with Crippen molar-refractivity contribution in [2.75, 3.05) is 0 Å². The van der Waals surface area contributed by atoms with E-state index in [1.807, 2.05) is 53.7 Å². The van der Waals surface area contributed by atoms with Crippen LogP contribution in [-0.2, 0) is 32.0 Å². The molecule has 5 N–H and O–H groups in total. The third kappa shape index (κ3) is 6.67. The zero-order chi connectivity index (χ0) is 32.5. The van der Waals surface area contributed by atoms with E-state index in [0.29, 0.717) is 40.4 Å². The molecule has 44 heavy (non-hydrogen) atoms. The van der Waals surface area contributed by atoms with Crippen LogP contribution in [0.1, 0.15) is 80.7 Å². The summed E-state index contributed by atoms with van der Waals surface area (Å²) in [5.41, 5.74) is 7.76. The van der Waals surface area contributed by atoms with Crippen molar-refractivity contribution >= 4 is 60.3 Å². The Morgan fingerprint density at radius 3 is 2.34 bits per heavy atom. The van der Waals surface area contributed by atoms with Gasteiger partial charge in [0.1, 0.15) is 0 Å². The fraction of sp³-hybridized carbons (Fsp3) is 0.424. The molecule has 2 aliphatic heterocycles. The Morgan fingerprint density at radius 2 is 1.75 bits per heavy atom. The standard InChI is InChI=1S/C33H40N4O6S/c1-7-20-15(2)25(36-33(20)43)12-23-16(3)21(8-10-29(38)39)26(34-23)14-27-22(9-11-30(40)41)17(4)24(35-27)13-28-31(19(6)44)18(5)32(42)37-28/h9,13-14,18-19,31,34-35,44H,7-8,10-12H2,1-6H3,(H,37,42)(H,38,39)(H,40,41)/b22-9-,27-14-,28-13-/t18-,19-,31+/m1/s1. The van der Waals surface area contributed by atoms with Crippen molar-refractivity contribution in [1.29, 1.82) is 0 Å². The topological polar surface area (TPSA) is 165 Å². The fourth-order valence-corrected chi connectivity index (χ4v) is 6.60. The van der Waals surface area contributed by atoms with Gasteiger partial charge in [0.05, 0.1) is 12.1 Å². The summed E-state index contributed by atoms with van der Waals surface area (Å²) in [4.78, 5) is 59.1. The molecule has 0 aromatic carbocycles. The van der Waals surface area contributed by atoms with Crippen molar-refractivity contribution in [2.45, 2.75) is 78.9 Å². The van der Waals surface area contributed by atoms with Crippen LogP contribution in [-0.4, -0.2) is 54.9 Å². The Bertz CT molecular complexity index is 1750. The average molecular weight is 621 g/mol. The highest BCUT2D eigenvalue weighted by atomic mass is 32.1. The normalized spacial score (nSPS) is 21.1. The number of aromatic nitrogens is 2. The zero-order valence-electron chi connectivity index (χ0n) is 25.9. The highest BCUT2D eigenvalue weighted by Gasteiger charge is 2.37. The molecule has 0 radical (unpaired) electrons. The maximum Gasteiger partial charge on any atom is 0.307 e. The lowest BCUT2D eigenvalue weighted by atomic mass is 9.91. The number of aliphatic carboxylic acids is 2. The molecule has 2 aliphatic rings. The number of carboxylic acids is 2. The minimum absolute atomic E-state index is 0.0710. The Morgan fingerprint density at radius 1 is 1.05 bits per heavy atom. The van der Waals surface area contributed by atoms with Crippen molar-refractivity contribution in [1.82, 2.24) is 15.3 Å². The molecule has 2 amide bonds. The zero-order valence-corrected chi connectivity index (χ0v) is 26.8. The molecule has 11 heteroatoms. The minimum atomic E-state index is -0.973. The molecule has 4 heterocycles. The number of H-pyrrole nitrogens is 2. The van der Waals surface area contributed by atoms with Crippen molar-refractivity contribution in [3.63, 3.8) is 0 Å². The van der Waals surface area contributed by atoms with E-state index in [1.54, 1.807) is 6.08 Å². The first-order chi connectivity index (χ1) is 20.7. The largest absolute Gasteiger partial charge is 0.481 e. The van der Waals surface area contributed by atoms with E-state index in [9.17, 15) is 29.4 Å². The van der Waals surface area contributed by atoms with Gasteiger partial charge in [-0.15, -0.1) is 0 Å². The summed E-state index contributed by atoms with van der Waals surface area (Å²) in [5.74, 6) is -2.53. The number of rotatable bonds is 11. The highest BCUT2D eigenvalue weighted by Crippen LogP contribution is 2.33. The summed E-state index contributed by atoms with van der Waals surface area (Å²) in [5, 5.41) is 23.1. The summed E-state index contributed by atoms with van der Waals surface area (Å²) < 4.78 is 0. The number of nitrogens with zero attached hydrogens (tertiary/aromatic N) is 1. The number of hydrogen-bond acceptors (Lipinski definition) is 5. The van der Waals surface area contributed by atoms with Crippen LogP contribution in [0.4, 0.5) is 0 Å². The van der Waals surface area contributed by atoms with Crippen LogP contribution < -0.4 is 15.9 Å². The van der Waals surface area contributed by atoms with Gasteiger partial charge in [0.25, 0.3) is 5.91 Å². The monoisotopic (exact) mass is 620 g/mol. The molecule has 4 rings (SSSR count). The highest BCUT2D eigenvalue weighted by molar-refractivity contribution is 7.80. The smallest absolute Gasteiger partial charge is 0.307 e. The van der Waals surface area contributed by atoms with Gasteiger partial charge in [-0.2, -0.15) is 12.6 Å². The van der Waals surface area contributed by atoms with Crippen molar-refractivity contribution in [2.24, 2.45) is 16.8 Å². The van der Waals surface area contributed by atoms with Crippen LogP contribution in [0.5, 0.6) is 0 Å². The molecule has 3 atom stereocenters. The van der Waals surface area contributed by atoms with Gasteiger partial charge in [0.2, 0.25) is 5.91 Å². The van der Waals surface area contributed by atoms with Crippen LogP contribution in [0.3, 0.4) is 0 Å². The molecule has 234 valence electrons. The molecule has 0 saturated carbocycles. The van der Waals surface area contributed by atoms with Gasteiger partial charge in [-0.3, -0.25) is 19.2 Å². The first-order valence-electron chi connectivity index (χ1n) is 14.8. The van der Waals surface area contributed by atoms with Gasteiger partial charge in [0.15, 0.2) is 0 Å². The van der Waals surface area contributed by atoms with Crippen molar-refractivity contribution in [3.8, 4) is 0 Å². The number of amides is 2. The van der Waals surface area contributed by atoms with E-state index in [1.165, 1.54) is 0 Å². The second kappa shape index (κ2) is 13.3. The van der Waals surface area contributed by atoms with E-state index < -0.39 is 11.9 Å². The lowest BCUT2D eigenvalue weighted by Gasteiger charge is -2.17. The number of carbonyl (C=O) groups excluding carboxylic acids is 2. The molecular weight excluding hydrogens is 580 g/mol. The summed E-state index contributed by atoms with van der Waals surface area (Å²) in [7, 11) is 0. The number of aromatic amines is 2. The molecule has 1 fully saturated rings. The molecule has 0 bridgehead atoms. The Balaban J connectivity index is 1.88. The number of nitrogens with one attached hydrogen (secondary N) is 3. The SMILES string of the molecule is CCC1=C(C)C(Cc2[nH]c(/C=c3\[nH]c(/C=C4\NC(=O)[C@H](C)[C@H]4[C@@H](C)S)c(C)\c3=C\CC(=O)O)c(CCC(=O)O)c2C)=NC1=O. The number of carboxylic acid groups (broad SMARTS) is 2. The molecule has 1 saturated heterocycles. The second-order valence-corrected chi connectivity index (χ2v) is 12.4. The predicted molar refractivity (Wildman–Crippen MR) is 173 cm³/mol. The van der Waals surface area contributed by atoms with E-state index in [-0.39, 0.29) is 48.2 Å². The molecule has 0 aliphatic carbocycles. The van der Waals surface area contributed by atoms with E-state index in [0.717, 1.165) is 39.3 Å². The number of carbonyl (C=O) groups is 4. The summed E-state index contributed by atoms with van der Waals surface area (Å²) in [6, 6.07) is 0. The van der Waals surface area contributed by atoms with Crippen LogP contribution in [0.15, 0.2) is 21.8 Å². The second-order valence-electron chi connectivity index (χ2n) is 11.6. The Hall–Kier alpha value is -4.12. The van der Waals surface area contributed by atoms with E-state index in [2.05, 4.69) is 32.9 Å². The van der Waals surface area contributed by atoms with Crippen LogP contribution in [0.2, 0.25) is 0 Å². The minimum Gasteiger partial charge on any atom is -0.481 e. The third-order valence-corrected chi connectivity index (χ3v) is 9.04. The van der Waals surface area contributed by atoms with Gasteiger partial charge in [0, 0.05) is 63.6 Å².